The van der Waals surface area contributed by atoms with Gasteiger partial charge in [-0.1, -0.05) is 24.3 Å². The second-order valence-corrected chi connectivity index (χ2v) is 5.75. The number of aromatic nitrogens is 1. The van der Waals surface area contributed by atoms with Crippen LogP contribution in [0.25, 0.3) is 10.9 Å². The van der Waals surface area contributed by atoms with E-state index in [1.165, 1.54) is 6.07 Å². The summed E-state index contributed by atoms with van der Waals surface area (Å²) in [5, 5.41) is 3.40. The largest absolute Gasteiger partial charge is 0.335 e. The predicted molar refractivity (Wildman–Crippen MR) is 91.8 cm³/mol. The standard InChI is InChI=1S/C19H17FN2O2/c1-12-7-8-16(20)17(9-12)21-19(24)10-22-13(2)15(11-23)14-5-3-4-6-18(14)22/h3-9,11H,10H2,1-2H3,(H,21,24). The number of aryl methyl sites for hydroxylation is 1. The first-order valence-electron chi connectivity index (χ1n) is 7.60. The minimum atomic E-state index is -0.475. The van der Waals surface area contributed by atoms with Gasteiger partial charge in [0.1, 0.15) is 12.4 Å². The second-order valence-electron chi connectivity index (χ2n) is 5.75. The van der Waals surface area contributed by atoms with Crippen LogP contribution >= 0.6 is 0 Å². The highest BCUT2D eigenvalue weighted by Gasteiger charge is 2.16. The van der Waals surface area contributed by atoms with Gasteiger partial charge in [0, 0.05) is 22.2 Å². The zero-order valence-electron chi connectivity index (χ0n) is 13.5. The second kappa shape index (κ2) is 6.28. The Balaban J connectivity index is 1.92. The maximum absolute atomic E-state index is 13.8. The molecule has 1 N–H and O–H groups in total. The average Bonchev–Trinajstić information content (AvgIpc) is 2.83. The summed E-state index contributed by atoms with van der Waals surface area (Å²) in [6, 6.07) is 12.0. The van der Waals surface area contributed by atoms with E-state index in [0.717, 1.165) is 22.8 Å². The predicted octanol–water partition coefficient (Wildman–Crippen LogP) is 3.85. The molecule has 1 heterocycles. The maximum Gasteiger partial charge on any atom is 0.244 e. The van der Waals surface area contributed by atoms with Gasteiger partial charge in [-0.15, -0.1) is 0 Å². The highest BCUT2D eigenvalue weighted by molar-refractivity contribution is 6.00. The summed E-state index contributed by atoms with van der Waals surface area (Å²) in [4.78, 5) is 23.7. The number of fused-ring (bicyclic) bond motifs is 1. The van der Waals surface area contributed by atoms with Gasteiger partial charge in [-0.3, -0.25) is 9.59 Å². The van der Waals surface area contributed by atoms with Crippen LogP contribution in [0.1, 0.15) is 21.6 Å². The average molecular weight is 324 g/mol. The van der Waals surface area contributed by atoms with Crippen molar-refractivity contribution in [1.29, 1.82) is 0 Å². The number of nitrogens with one attached hydrogen (secondary N) is 1. The van der Waals surface area contributed by atoms with Crippen molar-refractivity contribution in [3.8, 4) is 0 Å². The van der Waals surface area contributed by atoms with Gasteiger partial charge >= 0.3 is 0 Å². The molecule has 3 aromatic rings. The zero-order chi connectivity index (χ0) is 17.3. The van der Waals surface area contributed by atoms with Crippen molar-refractivity contribution in [2.24, 2.45) is 0 Å². The van der Waals surface area contributed by atoms with E-state index in [9.17, 15) is 14.0 Å². The summed E-state index contributed by atoms with van der Waals surface area (Å²) in [6.45, 7) is 3.63. The molecular formula is C19H17FN2O2. The van der Waals surface area contributed by atoms with Gasteiger partial charge in [0.05, 0.1) is 5.69 Å². The lowest BCUT2D eigenvalue weighted by Crippen LogP contribution is -2.20. The smallest absolute Gasteiger partial charge is 0.244 e. The molecule has 0 unspecified atom stereocenters. The molecule has 0 bridgehead atoms. The number of para-hydroxylation sites is 1. The number of carbonyl (C=O) groups is 2. The van der Waals surface area contributed by atoms with Crippen molar-refractivity contribution >= 4 is 28.8 Å². The number of anilines is 1. The summed E-state index contributed by atoms with van der Waals surface area (Å²) in [6.07, 6.45) is 0.798. The fourth-order valence-corrected chi connectivity index (χ4v) is 2.88. The summed E-state index contributed by atoms with van der Waals surface area (Å²) < 4.78 is 15.6. The van der Waals surface area contributed by atoms with Crippen molar-refractivity contribution in [2.75, 3.05) is 5.32 Å². The Hall–Kier alpha value is -2.95. The summed E-state index contributed by atoms with van der Waals surface area (Å²) >= 11 is 0. The Morgan fingerprint density at radius 2 is 1.96 bits per heavy atom. The van der Waals surface area contributed by atoms with Crippen LogP contribution in [0.5, 0.6) is 0 Å². The van der Waals surface area contributed by atoms with Crippen molar-refractivity contribution < 1.29 is 14.0 Å². The lowest BCUT2D eigenvalue weighted by atomic mass is 10.1. The summed E-state index contributed by atoms with van der Waals surface area (Å²) in [7, 11) is 0. The van der Waals surface area contributed by atoms with Crippen LogP contribution in [0.3, 0.4) is 0 Å². The molecule has 5 heteroatoms. The third-order valence-electron chi connectivity index (χ3n) is 4.10. The first-order chi connectivity index (χ1) is 11.5. The Morgan fingerprint density at radius 1 is 1.21 bits per heavy atom. The van der Waals surface area contributed by atoms with Crippen LogP contribution < -0.4 is 5.32 Å². The van der Waals surface area contributed by atoms with Gasteiger partial charge in [-0.25, -0.2) is 4.39 Å². The van der Waals surface area contributed by atoms with Crippen LogP contribution in [0.4, 0.5) is 10.1 Å². The molecule has 0 saturated heterocycles. The minimum absolute atomic E-state index is 0.00751. The van der Waals surface area contributed by atoms with Gasteiger partial charge in [0.15, 0.2) is 6.29 Å². The molecule has 0 saturated carbocycles. The third-order valence-corrected chi connectivity index (χ3v) is 4.10. The molecule has 1 amide bonds. The van der Waals surface area contributed by atoms with Crippen LogP contribution in [-0.4, -0.2) is 16.8 Å². The lowest BCUT2D eigenvalue weighted by Gasteiger charge is -2.10. The number of amides is 1. The third kappa shape index (κ3) is 2.80. The highest BCUT2D eigenvalue weighted by atomic mass is 19.1. The van der Waals surface area contributed by atoms with Crippen molar-refractivity contribution in [1.82, 2.24) is 4.57 Å². The van der Waals surface area contributed by atoms with E-state index in [0.29, 0.717) is 11.3 Å². The molecular weight excluding hydrogens is 307 g/mol. The van der Waals surface area contributed by atoms with E-state index in [-0.39, 0.29) is 18.1 Å². The molecule has 0 fully saturated rings. The Bertz CT molecular complexity index is 944. The Kier molecular flexibility index (Phi) is 4.16. The van der Waals surface area contributed by atoms with Gasteiger partial charge in [-0.05, 0) is 37.6 Å². The number of halogens is 1. The molecule has 122 valence electrons. The fourth-order valence-electron chi connectivity index (χ4n) is 2.88. The van der Waals surface area contributed by atoms with Crippen LogP contribution in [0, 0.1) is 19.7 Å². The van der Waals surface area contributed by atoms with Gasteiger partial charge in [0.2, 0.25) is 5.91 Å². The molecule has 0 aliphatic carbocycles. The lowest BCUT2D eigenvalue weighted by molar-refractivity contribution is -0.116. The van der Waals surface area contributed by atoms with Gasteiger partial charge in [-0.2, -0.15) is 0 Å². The molecule has 24 heavy (non-hydrogen) atoms. The zero-order valence-corrected chi connectivity index (χ0v) is 13.5. The van der Waals surface area contributed by atoms with Crippen LogP contribution in [0.15, 0.2) is 42.5 Å². The van der Waals surface area contributed by atoms with E-state index in [1.807, 2.05) is 31.2 Å². The van der Waals surface area contributed by atoms with E-state index in [1.54, 1.807) is 23.6 Å². The topological polar surface area (TPSA) is 51.1 Å². The number of benzene rings is 2. The number of rotatable bonds is 4. The first-order valence-corrected chi connectivity index (χ1v) is 7.60. The quantitative estimate of drug-likeness (QED) is 0.741. The molecule has 0 atom stereocenters. The molecule has 2 aromatic carbocycles. The van der Waals surface area contributed by atoms with E-state index >= 15 is 0 Å². The molecule has 4 nitrogen and oxygen atoms in total. The van der Waals surface area contributed by atoms with Gasteiger partial charge in [0.25, 0.3) is 0 Å². The normalized spacial score (nSPS) is 10.8. The van der Waals surface area contributed by atoms with E-state index < -0.39 is 5.82 Å². The summed E-state index contributed by atoms with van der Waals surface area (Å²) in [5.74, 6) is -0.822. The minimum Gasteiger partial charge on any atom is -0.335 e. The number of aldehydes is 1. The van der Waals surface area contributed by atoms with Crippen molar-refractivity contribution in [2.45, 2.75) is 20.4 Å². The number of hydrogen-bond acceptors (Lipinski definition) is 2. The van der Waals surface area contributed by atoms with Crippen LogP contribution in [0.2, 0.25) is 0 Å². The highest BCUT2D eigenvalue weighted by Crippen LogP contribution is 2.24. The number of hydrogen-bond donors (Lipinski definition) is 1. The molecule has 0 aliphatic rings. The summed E-state index contributed by atoms with van der Waals surface area (Å²) in [5.41, 5.74) is 3.10. The SMILES string of the molecule is Cc1ccc(F)c(NC(=O)Cn2c(C)c(C=O)c3ccccc32)c1. The molecule has 0 radical (unpaired) electrons. The van der Waals surface area contributed by atoms with Gasteiger partial charge < -0.3 is 9.88 Å². The number of nitrogens with zero attached hydrogens (tertiary/aromatic N) is 1. The fraction of sp³-hybridized carbons (Fsp3) is 0.158. The molecule has 0 spiro atoms. The number of carbonyl (C=O) groups excluding carboxylic acids is 2. The van der Waals surface area contributed by atoms with Crippen LogP contribution in [-0.2, 0) is 11.3 Å². The van der Waals surface area contributed by atoms with E-state index in [4.69, 9.17) is 0 Å². The van der Waals surface area contributed by atoms with Crippen molar-refractivity contribution in [3.63, 3.8) is 0 Å². The molecule has 3 rings (SSSR count). The molecule has 1 aromatic heterocycles. The molecule has 0 aliphatic heterocycles. The monoisotopic (exact) mass is 324 g/mol. The Labute approximate surface area is 138 Å². The van der Waals surface area contributed by atoms with E-state index in [2.05, 4.69) is 5.32 Å². The first kappa shape index (κ1) is 15.9. The maximum atomic E-state index is 13.8. The Morgan fingerprint density at radius 3 is 2.71 bits per heavy atom. The van der Waals surface area contributed by atoms with Crippen molar-refractivity contribution in [3.05, 3.63) is 65.1 Å².